The number of benzene rings is 1. The van der Waals surface area contributed by atoms with Crippen molar-refractivity contribution in [2.24, 2.45) is 5.92 Å². The van der Waals surface area contributed by atoms with Gasteiger partial charge in [-0.15, -0.1) is 0 Å². The fraction of sp³-hybridized carbons (Fsp3) is 0.600. The van der Waals surface area contributed by atoms with Crippen molar-refractivity contribution in [3.8, 4) is 0 Å². The molecule has 1 N–H and O–H groups in total. The highest BCUT2D eigenvalue weighted by molar-refractivity contribution is 5.53. The molecule has 0 heterocycles. The van der Waals surface area contributed by atoms with Gasteiger partial charge in [0.25, 0.3) is 0 Å². The molecule has 1 rings (SSSR count). The zero-order valence-electron chi connectivity index (χ0n) is 11.7. The molecule has 0 saturated carbocycles. The van der Waals surface area contributed by atoms with Crippen LogP contribution in [-0.4, -0.2) is 19.6 Å². The Morgan fingerprint density at radius 3 is 2.47 bits per heavy atom. The fourth-order valence-corrected chi connectivity index (χ4v) is 2.07. The van der Waals surface area contributed by atoms with Gasteiger partial charge in [-0.3, -0.25) is 0 Å². The molecule has 2 heteroatoms. The average molecular weight is 234 g/mol. The standard InChI is InChI=1S/C15H26N2/c1-5-16-11-14-9-7-8-10-15(14)17(6-2)12-13(3)4/h7-10,13,16H,5-6,11-12H2,1-4H3. The predicted octanol–water partition coefficient (Wildman–Crippen LogP) is 3.28. The van der Waals surface area contributed by atoms with Gasteiger partial charge in [0.1, 0.15) is 0 Å². The van der Waals surface area contributed by atoms with E-state index in [0.29, 0.717) is 5.92 Å². The minimum atomic E-state index is 0.696. The van der Waals surface area contributed by atoms with Gasteiger partial charge in [-0.05, 0) is 31.0 Å². The summed E-state index contributed by atoms with van der Waals surface area (Å²) in [6.45, 7) is 13.1. The van der Waals surface area contributed by atoms with Crippen LogP contribution in [0.4, 0.5) is 5.69 Å². The minimum Gasteiger partial charge on any atom is -0.371 e. The van der Waals surface area contributed by atoms with Gasteiger partial charge < -0.3 is 10.2 Å². The molecule has 0 fully saturated rings. The van der Waals surface area contributed by atoms with E-state index in [1.807, 2.05) is 0 Å². The number of anilines is 1. The third kappa shape index (κ3) is 4.39. The number of nitrogens with one attached hydrogen (secondary N) is 1. The highest BCUT2D eigenvalue weighted by Crippen LogP contribution is 2.21. The Morgan fingerprint density at radius 1 is 1.18 bits per heavy atom. The number of rotatable bonds is 7. The highest BCUT2D eigenvalue weighted by atomic mass is 15.1. The molecule has 96 valence electrons. The molecule has 17 heavy (non-hydrogen) atoms. The smallest absolute Gasteiger partial charge is 0.0411 e. The molecule has 0 aliphatic heterocycles. The van der Waals surface area contributed by atoms with E-state index in [9.17, 15) is 0 Å². The van der Waals surface area contributed by atoms with E-state index < -0.39 is 0 Å². The zero-order valence-corrected chi connectivity index (χ0v) is 11.7. The fourth-order valence-electron chi connectivity index (χ4n) is 2.07. The van der Waals surface area contributed by atoms with Gasteiger partial charge in [-0.1, -0.05) is 39.0 Å². The molecular formula is C15H26N2. The molecule has 0 amide bonds. The van der Waals surface area contributed by atoms with Gasteiger partial charge in [0.05, 0.1) is 0 Å². The maximum atomic E-state index is 3.41. The Labute approximate surface area is 106 Å². The van der Waals surface area contributed by atoms with E-state index >= 15 is 0 Å². The van der Waals surface area contributed by atoms with E-state index in [-0.39, 0.29) is 0 Å². The molecule has 0 spiro atoms. The zero-order chi connectivity index (χ0) is 12.7. The lowest BCUT2D eigenvalue weighted by Gasteiger charge is -2.27. The second-order valence-corrected chi connectivity index (χ2v) is 4.84. The molecule has 0 saturated heterocycles. The van der Waals surface area contributed by atoms with Gasteiger partial charge in [-0.25, -0.2) is 0 Å². The molecule has 0 radical (unpaired) electrons. The van der Waals surface area contributed by atoms with Crippen molar-refractivity contribution in [1.29, 1.82) is 0 Å². The van der Waals surface area contributed by atoms with Crippen LogP contribution in [0.1, 0.15) is 33.3 Å². The van der Waals surface area contributed by atoms with E-state index in [2.05, 4.69) is 62.2 Å². The predicted molar refractivity (Wildman–Crippen MR) is 76.5 cm³/mol. The number of para-hydroxylation sites is 1. The van der Waals surface area contributed by atoms with Gasteiger partial charge in [0, 0.05) is 25.3 Å². The first kappa shape index (κ1) is 14.0. The normalized spacial score (nSPS) is 10.9. The summed E-state index contributed by atoms with van der Waals surface area (Å²) < 4.78 is 0. The molecule has 0 atom stereocenters. The summed E-state index contributed by atoms with van der Waals surface area (Å²) in [5.41, 5.74) is 2.78. The van der Waals surface area contributed by atoms with Crippen LogP contribution < -0.4 is 10.2 Å². The third-order valence-corrected chi connectivity index (χ3v) is 2.87. The topological polar surface area (TPSA) is 15.3 Å². The van der Waals surface area contributed by atoms with E-state index in [1.54, 1.807) is 0 Å². The average Bonchev–Trinajstić information content (AvgIpc) is 2.33. The van der Waals surface area contributed by atoms with Gasteiger partial charge in [0.15, 0.2) is 0 Å². The SMILES string of the molecule is CCNCc1ccccc1N(CC)CC(C)C. The van der Waals surface area contributed by atoms with Crippen LogP contribution in [0, 0.1) is 5.92 Å². The lowest BCUT2D eigenvalue weighted by Crippen LogP contribution is -2.28. The van der Waals surface area contributed by atoms with Crippen LogP contribution in [0.3, 0.4) is 0 Å². The molecule has 2 nitrogen and oxygen atoms in total. The summed E-state index contributed by atoms with van der Waals surface area (Å²) in [7, 11) is 0. The van der Waals surface area contributed by atoms with E-state index in [1.165, 1.54) is 11.3 Å². The van der Waals surface area contributed by atoms with Crippen molar-refractivity contribution in [1.82, 2.24) is 5.32 Å². The summed E-state index contributed by atoms with van der Waals surface area (Å²) >= 11 is 0. The molecular weight excluding hydrogens is 208 g/mol. The molecule has 0 aliphatic carbocycles. The van der Waals surface area contributed by atoms with Crippen molar-refractivity contribution in [2.45, 2.75) is 34.2 Å². The second kappa shape index (κ2) is 7.33. The summed E-state index contributed by atoms with van der Waals surface area (Å²) in [5.74, 6) is 0.696. The quantitative estimate of drug-likeness (QED) is 0.779. The largest absolute Gasteiger partial charge is 0.371 e. The summed E-state index contributed by atoms with van der Waals surface area (Å²) in [4.78, 5) is 2.47. The van der Waals surface area contributed by atoms with E-state index in [4.69, 9.17) is 0 Å². The molecule has 1 aromatic carbocycles. The number of hydrogen-bond acceptors (Lipinski definition) is 2. The van der Waals surface area contributed by atoms with Crippen LogP contribution in [-0.2, 0) is 6.54 Å². The molecule has 1 aromatic rings. The first-order valence-corrected chi connectivity index (χ1v) is 6.72. The van der Waals surface area contributed by atoms with Crippen molar-refractivity contribution < 1.29 is 0 Å². The van der Waals surface area contributed by atoms with Crippen molar-refractivity contribution in [3.63, 3.8) is 0 Å². The first-order chi connectivity index (χ1) is 8.19. The monoisotopic (exact) mass is 234 g/mol. The van der Waals surface area contributed by atoms with E-state index in [0.717, 1.165) is 26.2 Å². The Balaban J connectivity index is 2.85. The van der Waals surface area contributed by atoms with Crippen molar-refractivity contribution in [3.05, 3.63) is 29.8 Å². The Hall–Kier alpha value is -1.02. The number of hydrogen-bond donors (Lipinski definition) is 1. The van der Waals surface area contributed by atoms with Gasteiger partial charge in [-0.2, -0.15) is 0 Å². The summed E-state index contributed by atoms with van der Waals surface area (Å²) in [6, 6.07) is 8.71. The molecule has 0 aliphatic rings. The maximum Gasteiger partial charge on any atom is 0.0411 e. The lowest BCUT2D eigenvalue weighted by atomic mass is 10.1. The maximum absolute atomic E-state index is 3.41. The Kier molecular flexibility index (Phi) is 6.06. The minimum absolute atomic E-state index is 0.696. The highest BCUT2D eigenvalue weighted by Gasteiger charge is 2.10. The summed E-state index contributed by atoms with van der Waals surface area (Å²) in [6.07, 6.45) is 0. The van der Waals surface area contributed by atoms with Gasteiger partial charge >= 0.3 is 0 Å². The first-order valence-electron chi connectivity index (χ1n) is 6.72. The van der Waals surface area contributed by atoms with Crippen LogP contribution in [0.2, 0.25) is 0 Å². The lowest BCUT2D eigenvalue weighted by molar-refractivity contribution is 0.615. The van der Waals surface area contributed by atoms with Crippen LogP contribution in [0.25, 0.3) is 0 Å². The Bertz CT molecular complexity index is 320. The van der Waals surface area contributed by atoms with Crippen LogP contribution in [0.15, 0.2) is 24.3 Å². The summed E-state index contributed by atoms with van der Waals surface area (Å²) in [5, 5.41) is 3.41. The number of nitrogens with zero attached hydrogens (tertiary/aromatic N) is 1. The van der Waals surface area contributed by atoms with Gasteiger partial charge in [0.2, 0.25) is 0 Å². The van der Waals surface area contributed by atoms with Crippen molar-refractivity contribution >= 4 is 5.69 Å². The molecule has 0 aromatic heterocycles. The molecule has 0 bridgehead atoms. The molecule has 0 unspecified atom stereocenters. The van der Waals surface area contributed by atoms with Crippen LogP contribution >= 0.6 is 0 Å². The third-order valence-electron chi connectivity index (χ3n) is 2.87. The Morgan fingerprint density at radius 2 is 1.88 bits per heavy atom. The second-order valence-electron chi connectivity index (χ2n) is 4.84. The van der Waals surface area contributed by atoms with Crippen molar-refractivity contribution in [2.75, 3.05) is 24.5 Å². The van der Waals surface area contributed by atoms with Crippen LogP contribution in [0.5, 0.6) is 0 Å².